The van der Waals surface area contributed by atoms with Gasteiger partial charge in [0.2, 0.25) is 0 Å². The van der Waals surface area contributed by atoms with Gasteiger partial charge in [0, 0.05) is 10.6 Å². The van der Waals surface area contributed by atoms with Crippen molar-refractivity contribution in [1.82, 2.24) is 15.0 Å². The highest BCUT2D eigenvalue weighted by Crippen LogP contribution is 2.20. The zero-order valence-electron chi connectivity index (χ0n) is 10.4. The van der Waals surface area contributed by atoms with E-state index in [1.54, 1.807) is 4.68 Å². The summed E-state index contributed by atoms with van der Waals surface area (Å²) in [5.41, 5.74) is 4.06. The molecule has 0 amide bonds. The number of hydrogen-bond donors (Lipinski definition) is 0. The maximum atomic E-state index is 5.87. The zero-order chi connectivity index (χ0) is 13.2. The first-order valence-electron chi connectivity index (χ1n) is 5.98. The minimum Gasteiger partial charge on any atom is -0.220 e. The molecule has 0 fully saturated rings. The van der Waals surface area contributed by atoms with E-state index in [-0.39, 0.29) is 0 Å². The van der Waals surface area contributed by atoms with Crippen molar-refractivity contribution in [2.24, 2.45) is 0 Å². The van der Waals surface area contributed by atoms with Crippen molar-refractivity contribution in [2.45, 2.75) is 6.92 Å². The molecule has 0 aliphatic carbocycles. The lowest BCUT2D eigenvalue weighted by Gasteiger charge is -1.99. The molecule has 0 unspecified atom stereocenters. The fourth-order valence-electron chi connectivity index (χ4n) is 1.84. The van der Waals surface area contributed by atoms with Gasteiger partial charge in [-0.25, -0.2) is 4.68 Å². The maximum absolute atomic E-state index is 5.87. The first kappa shape index (κ1) is 11.9. The van der Waals surface area contributed by atoms with E-state index in [0.29, 0.717) is 0 Å². The molecule has 0 saturated heterocycles. The highest BCUT2D eigenvalue weighted by atomic mass is 35.5. The van der Waals surface area contributed by atoms with Gasteiger partial charge in [0.05, 0.1) is 11.9 Å². The first-order chi connectivity index (χ1) is 9.22. The topological polar surface area (TPSA) is 30.7 Å². The molecular weight excluding hydrogens is 258 g/mol. The molecule has 2 aromatic carbocycles. The van der Waals surface area contributed by atoms with Crippen LogP contribution in [0.4, 0.5) is 0 Å². The lowest BCUT2D eigenvalue weighted by Crippen LogP contribution is -1.94. The molecular formula is C15H12ClN3. The predicted molar refractivity (Wildman–Crippen MR) is 76.5 cm³/mol. The van der Waals surface area contributed by atoms with Crippen LogP contribution >= 0.6 is 11.6 Å². The Morgan fingerprint density at radius 2 is 1.63 bits per heavy atom. The number of aryl methyl sites for hydroxylation is 1. The molecule has 3 aromatic rings. The normalized spacial score (nSPS) is 10.6. The number of nitrogens with zero attached hydrogens (tertiary/aromatic N) is 3. The summed E-state index contributed by atoms with van der Waals surface area (Å²) < 4.78 is 1.77. The molecule has 0 bridgehead atoms. The van der Waals surface area contributed by atoms with Gasteiger partial charge < -0.3 is 0 Å². The van der Waals surface area contributed by atoms with Crippen LogP contribution in [0, 0.1) is 6.92 Å². The summed E-state index contributed by atoms with van der Waals surface area (Å²) in [6.45, 7) is 2.06. The monoisotopic (exact) mass is 269 g/mol. The molecule has 1 aromatic heterocycles. The van der Waals surface area contributed by atoms with Crippen molar-refractivity contribution in [1.29, 1.82) is 0 Å². The Bertz CT molecular complexity index is 624. The van der Waals surface area contributed by atoms with Gasteiger partial charge in [-0.05, 0) is 31.2 Å². The fraction of sp³-hybridized carbons (Fsp3) is 0.0667. The van der Waals surface area contributed by atoms with E-state index < -0.39 is 0 Å². The van der Waals surface area contributed by atoms with Crippen LogP contribution in [0.15, 0.2) is 54.7 Å². The molecule has 3 rings (SSSR count). The number of rotatable bonds is 2. The lowest BCUT2D eigenvalue weighted by atomic mass is 10.2. The van der Waals surface area contributed by atoms with E-state index in [1.165, 1.54) is 5.56 Å². The van der Waals surface area contributed by atoms with Crippen LogP contribution in [0.2, 0.25) is 5.02 Å². The van der Waals surface area contributed by atoms with Gasteiger partial charge in [-0.1, -0.05) is 46.6 Å². The van der Waals surface area contributed by atoms with Crippen LogP contribution in [0.3, 0.4) is 0 Å². The second kappa shape index (κ2) is 4.86. The maximum Gasteiger partial charge on any atom is 0.113 e. The second-order valence-electron chi connectivity index (χ2n) is 4.39. The first-order valence-corrected chi connectivity index (χ1v) is 6.35. The summed E-state index contributed by atoms with van der Waals surface area (Å²) in [6, 6.07) is 15.7. The molecule has 19 heavy (non-hydrogen) atoms. The van der Waals surface area contributed by atoms with Gasteiger partial charge in [0.1, 0.15) is 5.69 Å². The van der Waals surface area contributed by atoms with Gasteiger partial charge in [0.15, 0.2) is 0 Å². The van der Waals surface area contributed by atoms with Gasteiger partial charge in [-0.15, -0.1) is 5.10 Å². The van der Waals surface area contributed by atoms with Crippen molar-refractivity contribution < 1.29 is 0 Å². The third-order valence-electron chi connectivity index (χ3n) is 2.93. The Morgan fingerprint density at radius 3 is 2.32 bits per heavy atom. The SMILES string of the molecule is Cc1ccc(-n2cc(-c3ccc(Cl)cc3)nn2)cc1. The summed E-state index contributed by atoms with van der Waals surface area (Å²) in [7, 11) is 0. The molecule has 1 heterocycles. The molecule has 0 N–H and O–H groups in total. The molecule has 0 radical (unpaired) electrons. The van der Waals surface area contributed by atoms with Gasteiger partial charge in [-0.2, -0.15) is 0 Å². The highest BCUT2D eigenvalue weighted by molar-refractivity contribution is 6.30. The van der Waals surface area contributed by atoms with E-state index >= 15 is 0 Å². The van der Waals surface area contributed by atoms with E-state index in [4.69, 9.17) is 11.6 Å². The fourth-order valence-corrected chi connectivity index (χ4v) is 1.97. The van der Waals surface area contributed by atoms with Crippen molar-refractivity contribution in [3.63, 3.8) is 0 Å². The van der Waals surface area contributed by atoms with Crippen molar-refractivity contribution in [3.05, 3.63) is 65.3 Å². The standard InChI is InChI=1S/C15H12ClN3/c1-11-2-8-14(9-3-11)19-10-15(17-18-19)12-4-6-13(16)7-5-12/h2-10H,1H3. The Labute approximate surface area is 116 Å². The van der Waals surface area contributed by atoms with Crippen LogP contribution in [-0.2, 0) is 0 Å². The molecule has 0 spiro atoms. The average molecular weight is 270 g/mol. The van der Waals surface area contributed by atoms with Gasteiger partial charge in [0.25, 0.3) is 0 Å². The van der Waals surface area contributed by atoms with Crippen LogP contribution in [-0.4, -0.2) is 15.0 Å². The quantitative estimate of drug-likeness (QED) is 0.706. The van der Waals surface area contributed by atoms with Crippen LogP contribution in [0.25, 0.3) is 16.9 Å². The highest BCUT2D eigenvalue weighted by Gasteiger charge is 2.05. The molecule has 0 saturated carbocycles. The van der Waals surface area contributed by atoms with Crippen molar-refractivity contribution >= 4 is 11.6 Å². The number of aromatic nitrogens is 3. The molecule has 0 atom stereocenters. The summed E-state index contributed by atoms with van der Waals surface area (Å²) in [4.78, 5) is 0. The third-order valence-corrected chi connectivity index (χ3v) is 3.18. The van der Waals surface area contributed by atoms with Gasteiger partial charge >= 0.3 is 0 Å². The Hall–Kier alpha value is -2.13. The lowest BCUT2D eigenvalue weighted by molar-refractivity contribution is 0.803. The molecule has 0 aliphatic heterocycles. The van der Waals surface area contributed by atoms with Crippen LogP contribution in [0.1, 0.15) is 5.56 Å². The summed E-state index contributed by atoms with van der Waals surface area (Å²) in [5, 5.41) is 9.05. The second-order valence-corrected chi connectivity index (χ2v) is 4.83. The average Bonchev–Trinajstić information content (AvgIpc) is 2.90. The Balaban J connectivity index is 1.95. The summed E-state index contributed by atoms with van der Waals surface area (Å²) in [6.07, 6.45) is 1.91. The molecule has 4 heteroatoms. The predicted octanol–water partition coefficient (Wildman–Crippen LogP) is 3.90. The largest absolute Gasteiger partial charge is 0.220 e. The molecule has 94 valence electrons. The Morgan fingerprint density at radius 1 is 0.947 bits per heavy atom. The van der Waals surface area contributed by atoms with Crippen molar-refractivity contribution in [3.8, 4) is 16.9 Å². The van der Waals surface area contributed by atoms with Crippen molar-refractivity contribution in [2.75, 3.05) is 0 Å². The molecule has 0 aliphatic rings. The number of hydrogen-bond acceptors (Lipinski definition) is 2. The zero-order valence-corrected chi connectivity index (χ0v) is 11.2. The minimum atomic E-state index is 0.717. The molecule has 3 nitrogen and oxygen atoms in total. The van der Waals surface area contributed by atoms with E-state index in [0.717, 1.165) is 22.0 Å². The van der Waals surface area contributed by atoms with Crippen LogP contribution in [0.5, 0.6) is 0 Å². The number of halogens is 1. The van der Waals surface area contributed by atoms with E-state index in [2.05, 4.69) is 29.4 Å². The smallest absolute Gasteiger partial charge is 0.113 e. The van der Waals surface area contributed by atoms with Gasteiger partial charge in [-0.3, -0.25) is 0 Å². The minimum absolute atomic E-state index is 0.717. The van der Waals surface area contributed by atoms with E-state index in [9.17, 15) is 0 Å². The summed E-state index contributed by atoms with van der Waals surface area (Å²) >= 11 is 5.87. The van der Waals surface area contributed by atoms with E-state index in [1.807, 2.05) is 42.6 Å². The number of benzene rings is 2. The Kier molecular flexibility index (Phi) is 3.05. The third kappa shape index (κ3) is 2.51. The summed E-state index contributed by atoms with van der Waals surface area (Å²) in [5.74, 6) is 0. The van der Waals surface area contributed by atoms with Crippen LogP contribution < -0.4 is 0 Å².